The number of amides is 1. The van der Waals surface area contributed by atoms with Gasteiger partial charge in [-0.15, -0.1) is 0 Å². The molecule has 1 aliphatic heterocycles. The van der Waals surface area contributed by atoms with Crippen molar-refractivity contribution in [3.8, 4) is 11.8 Å². The highest BCUT2D eigenvalue weighted by Gasteiger charge is 2.42. The standard InChI is InChI=1S/C13H10BF4NO4/c1-19-5-4-13(21,12(19)20)3-2-6-8(15)7(14(22)23)10(17)11(18)9(6)16/h21-23H,4-5H2,1H3/t13-/m0/s1. The van der Waals surface area contributed by atoms with E-state index in [2.05, 4.69) is 0 Å². The van der Waals surface area contributed by atoms with Crippen LogP contribution in [0.15, 0.2) is 0 Å². The predicted molar refractivity (Wildman–Crippen MR) is 70.2 cm³/mol. The molecule has 2 rings (SSSR count). The van der Waals surface area contributed by atoms with Crippen molar-refractivity contribution >= 4 is 18.5 Å². The number of halogens is 4. The van der Waals surface area contributed by atoms with E-state index in [4.69, 9.17) is 10.0 Å². The van der Waals surface area contributed by atoms with Crippen LogP contribution in [0.1, 0.15) is 12.0 Å². The number of hydrogen-bond acceptors (Lipinski definition) is 4. The topological polar surface area (TPSA) is 81.0 Å². The number of benzene rings is 1. The second-order valence-corrected chi connectivity index (χ2v) is 5.01. The minimum absolute atomic E-state index is 0.141. The summed E-state index contributed by atoms with van der Waals surface area (Å²) in [6, 6.07) is 0. The molecule has 1 heterocycles. The number of likely N-dealkylation sites (tertiary alicyclic amines) is 1. The highest BCUT2D eigenvalue weighted by Crippen LogP contribution is 2.22. The Kier molecular flexibility index (Phi) is 4.39. The fraction of sp³-hybridized carbons (Fsp3) is 0.308. The molecule has 23 heavy (non-hydrogen) atoms. The zero-order chi connectivity index (χ0) is 17.5. The molecule has 0 aromatic heterocycles. The van der Waals surface area contributed by atoms with Gasteiger partial charge in [-0.2, -0.15) is 0 Å². The van der Waals surface area contributed by atoms with Gasteiger partial charge in [0.25, 0.3) is 5.91 Å². The van der Waals surface area contributed by atoms with Crippen LogP contribution in [0.3, 0.4) is 0 Å². The molecule has 1 aromatic carbocycles. The number of nitrogens with zero attached hydrogens (tertiary/aromatic N) is 1. The predicted octanol–water partition coefficient (Wildman–Crippen LogP) is -1.13. The van der Waals surface area contributed by atoms with Crippen molar-refractivity contribution < 1.29 is 37.5 Å². The summed E-state index contributed by atoms with van der Waals surface area (Å²) in [7, 11) is -1.37. The molecule has 0 saturated carbocycles. The summed E-state index contributed by atoms with van der Waals surface area (Å²) in [5, 5.41) is 27.7. The highest BCUT2D eigenvalue weighted by molar-refractivity contribution is 6.58. The molecule has 10 heteroatoms. The molecule has 1 atom stereocenters. The summed E-state index contributed by atoms with van der Waals surface area (Å²) in [4.78, 5) is 12.8. The van der Waals surface area contributed by atoms with Crippen LogP contribution in [-0.2, 0) is 4.79 Å². The van der Waals surface area contributed by atoms with E-state index in [0.29, 0.717) is 0 Å². The van der Waals surface area contributed by atoms with Gasteiger partial charge >= 0.3 is 7.12 Å². The van der Waals surface area contributed by atoms with E-state index in [9.17, 15) is 27.5 Å². The van der Waals surface area contributed by atoms with Gasteiger partial charge in [-0.25, -0.2) is 17.6 Å². The molecule has 1 saturated heterocycles. The van der Waals surface area contributed by atoms with Crippen LogP contribution in [0.25, 0.3) is 0 Å². The molecule has 1 aromatic rings. The van der Waals surface area contributed by atoms with Gasteiger partial charge in [0.05, 0.1) is 11.0 Å². The van der Waals surface area contributed by atoms with Gasteiger partial charge in [0.1, 0.15) is 5.82 Å². The first-order valence-corrected chi connectivity index (χ1v) is 6.33. The number of carbonyl (C=O) groups is 1. The molecule has 5 nitrogen and oxygen atoms in total. The number of likely N-dealkylation sites (N-methyl/N-ethyl adjacent to an activating group) is 1. The van der Waals surface area contributed by atoms with Gasteiger partial charge in [-0.3, -0.25) is 4.79 Å². The summed E-state index contributed by atoms with van der Waals surface area (Å²) in [5.41, 5.74) is -5.05. The van der Waals surface area contributed by atoms with E-state index in [1.807, 2.05) is 5.92 Å². The summed E-state index contributed by atoms with van der Waals surface area (Å²) in [6.07, 6.45) is -0.141. The lowest BCUT2D eigenvalue weighted by Crippen LogP contribution is -2.38. The van der Waals surface area contributed by atoms with E-state index in [-0.39, 0.29) is 13.0 Å². The molecule has 1 amide bonds. The maximum atomic E-state index is 14.0. The first-order valence-electron chi connectivity index (χ1n) is 6.33. The van der Waals surface area contributed by atoms with E-state index in [0.717, 1.165) is 4.90 Å². The summed E-state index contributed by atoms with van der Waals surface area (Å²) in [6.45, 7) is 0.146. The average Bonchev–Trinajstić information content (AvgIpc) is 2.73. The second-order valence-electron chi connectivity index (χ2n) is 5.01. The lowest BCUT2D eigenvalue weighted by Gasteiger charge is -2.13. The Morgan fingerprint density at radius 2 is 1.74 bits per heavy atom. The molecule has 0 spiro atoms. The van der Waals surface area contributed by atoms with Gasteiger partial charge in [0, 0.05) is 20.0 Å². The molecule has 0 radical (unpaired) electrons. The Bertz CT molecular complexity index is 746. The summed E-state index contributed by atoms with van der Waals surface area (Å²) in [5.74, 6) is -5.21. The van der Waals surface area contributed by atoms with Crippen LogP contribution in [0.5, 0.6) is 0 Å². The first-order chi connectivity index (χ1) is 10.6. The molecule has 0 bridgehead atoms. The number of rotatable bonds is 1. The summed E-state index contributed by atoms with van der Waals surface area (Å²) >= 11 is 0. The lowest BCUT2D eigenvalue weighted by molar-refractivity contribution is -0.137. The number of aliphatic hydroxyl groups is 1. The van der Waals surface area contributed by atoms with E-state index >= 15 is 0 Å². The van der Waals surface area contributed by atoms with Crippen molar-refractivity contribution in [1.82, 2.24) is 4.90 Å². The van der Waals surface area contributed by atoms with Crippen LogP contribution in [0.4, 0.5) is 17.6 Å². The third kappa shape index (κ3) is 2.78. The molecule has 1 aliphatic rings. The Labute approximate surface area is 128 Å². The molecular formula is C13H10BF4NO4. The maximum absolute atomic E-state index is 14.0. The van der Waals surface area contributed by atoms with Gasteiger partial charge in [0.2, 0.25) is 5.60 Å². The summed E-state index contributed by atoms with van der Waals surface area (Å²) < 4.78 is 54.3. The van der Waals surface area contributed by atoms with Crippen LogP contribution in [0.2, 0.25) is 0 Å². The van der Waals surface area contributed by atoms with Crippen LogP contribution in [0, 0.1) is 35.1 Å². The smallest absolute Gasteiger partial charge is 0.423 e. The molecular weight excluding hydrogens is 321 g/mol. The Hall–Kier alpha value is -2.09. The molecule has 122 valence electrons. The minimum atomic E-state index is -2.74. The van der Waals surface area contributed by atoms with Crippen molar-refractivity contribution in [2.75, 3.05) is 13.6 Å². The first kappa shape index (κ1) is 17.3. The zero-order valence-electron chi connectivity index (χ0n) is 11.7. The third-order valence-corrected chi connectivity index (χ3v) is 3.46. The van der Waals surface area contributed by atoms with Crippen LogP contribution in [-0.4, -0.2) is 52.3 Å². The molecule has 1 fully saturated rings. The fourth-order valence-corrected chi connectivity index (χ4v) is 2.12. The number of hydrogen-bond donors (Lipinski definition) is 3. The highest BCUT2D eigenvalue weighted by atomic mass is 19.2. The molecule has 0 unspecified atom stereocenters. The molecule has 0 aliphatic carbocycles. The Morgan fingerprint density at radius 1 is 1.13 bits per heavy atom. The normalized spacial score (nSPS) is 20.5. The average molecular weight is 331 g/mol. The van der Waals surface area contributed by atoms with E-state index in [1.54, 1.807) is 5.92 Å². The van der Waals surface area contributed by atoms with Crippen molar-refractivity contribution in [1.29, 1.82) is 0 Å². The zero-order valence-corrected chi connectivity index (χ0v) is 11.7. The van der Waals surface area contributed by atoms with Gasteiger partial charge in [0.15, 0.2) is 17.5 Å². The Morgan fingerprint density at radius 3 is 2.22 bits per heavy atom. The lowest BCUT2D eigenvalue weighted by atomic mass is 9.78. The quantitative estimate of drug-likeness (QED) is 0.200. The van der Waals surface area contributed by atoms with E-state index < -0.39 is 52.9 Å². The maximum Gasteiger partial charge on any atom is 0.494 e. The third-order valence-electron chi connectivity index (χ3n) is 3.46. The fourth-order valence-electron chi connectivity index (χ4n) is 2.12. The van der Waals surface area contributed by atoms with Gasteiger partial charge in [-0.05, 0) is 0 Å². The van der Waals surface area contributed by atoms with Crippen LogP contribution < -0.4 is 5.46 Å². The monoisotopic (exact) mass is 331 g/mol. The van der Waals surface area contributed by atoms with Crippen molar-refractivity contribution in [2.45, 2.75) is 12.0 Å². The van der Waals surface area contributed by atoms with Crippen molar-refractivity contribution in [3.05, 3.63) is 28.8 Å². The minimum Gasteiger partial charge on any atom is -0.423 e. The molecule has 3 N–H and O–H groups in total. The van der Waals surface area contributed by atoms with Crippen LogP contribution >= 0.6 is 0 Å². The second kappa shape index (κ2) is 5.84. The number of carbonyl (C=O) groups excluding carboxylic acids is 1. The van der Waals surface area contributed by atoms with Crippen molar-refractivity contribution in [3.63, 3.8) is 0 Å². The largest absolute Gasteiger partial charge is 0.494 e. The Balaban J connectivity index is 2.59. The van der Waals surface area contributed by atoms with E-state index in [1.165, 1.54) is 7.05 Å². The van der Waals surface area contributed by atoms with Gasteiger partial charge < -0.3 is 20.1 Å². The SMILES string of the molecule is CN1CC[C@@](O)(C#Cc2c(F)c(F)c(F)c(B(O)O)c2F)C1=O. The van der Waals surface area contributed by atoms with Crippen molar-refractivity contribution in [2.24, 2.45) is 0 Å². The van der Waals surface area contributed by atoms with Gasteiger partial charge in [-0.1, -0.05) is 11.8 Å².